The minimum atomic E-state index is 0.785. The number of hydrogen-bond donors (Lipinski definition) is 2. The van der Waals surface area contributed by atoms with E-state index in [4.69, 9.17) is 5.21 Å². The molecule has 0 radical (unpaired) electrons. The first-order chi connectivity index (χ1) is 11.3. The smallest absolute Gasteiger partial charge is 0.0873 e. The molecule has 5 heteroatoms. The predicted octanol–water partition coefficient (Wildman–Crippen LogP) is 4.73. The van der Waals surface area contributed by atoms with E-state index in [2.05, 4.69) is 40.6 Å². The van der Waals surface area contributed by atoms with Crippen molar-refractivity contribution in [2.45, 2.75) is 26.2 Å². The van der Waals surface area contributed by atoms with E-state index < -0.39 is 0 Å². The van der Waals surface area contributed by atoms with E-state index in [1.165, 1.54) is 26.2 Å². The highest BCUT2D eigenvalue weighted by Crippen LogP contribution is 2.38. The molecule has 0 amide bonds. The van der Waals surface area contributed by atoms with Gasteiger partial charge in [-0.1, -0.05) is 18.1 Å². The van der Waals surface area contributed by atoms with Gasteiger partial charge in [-0.15, -0.1) is 11.3 Å². The third-order valence-corrected chi connectivity index (χ3v) is 5.61. The maximum absolute atomic E-state index is 9.04. The van der Waals surface area contributed by atoms with Crippen molar-refractivity contribution < 1.29 is 5.21 Å². The summed E-state index contributed by atoms with van der Waals surface area (Å²) in [6, 6.07) is 8.33. The Labute approximate surface area is 138 Å². The molecule has 4 rings (SSSR count). The number of thiophene rings is 1. The zero-order valence-electron chi connectivity index (χ0n) is 12.8. The molecule has 0 aliphatic heterocycles. The summed E-state index contributed by atoms with van der Waals surface area (Å²) in [5, 5.41) is 17.2. The Balaban J connectivity index is 1.74. The Kier molecular flexibility index (Phi) is 3.50. The van der Waals surface area contributed by atoms with Crippen molar-refractivity contribution in [1.29, 1.82) is 0 Å². The fourth-order valence-corrected chi connectivity index (χ4v) is 4.25. The second-order valence-electron chi connectivity index (χ2n) is 5.67. The molecule has 2 N–H and O–H groups in total. The standard InChI is InChI=1S/C18H17N3OS/c1-2-16-18(14-7-8-19-10-17(14)23-16)20-12-4-5-13-11(9-12)3-6-15(13)21-22/h4-5,7-10,20,22H,2-3,6H2,1H3. The number of aromatic nitrogens is 1. The fraction of sp³-hybridized carbons (Fsp3) is 0.222. The van der Waals surface area contributed by atoms with E-state index in [1.807, 2.05) is 18.5 Å². The van der Waals surface area contributed by atoms with Gasteiger partial charge in [0.1, 0.15) is 0 Å². The zero-order valence-corrected chi connectivity index (χ0v) is 13.7. The average molecular weight is 323 g/mol. The molecule has 1 aromatic carbocycles. The van der Waals surface area contributed by atoms with E-state index in [0.29, 0.717) is 0 Å². The molecule has 2 heterocycles. The topological polar surface area (TPSA) is 57.5 Å². The fourth-order valence-electron chi connectivity index (χ4n) is 3.18. The molecular weight excluding hydrogens is 306 g/mol. The van der Waals surface area contributed by atoms with Crippen molar-refractivity contribution in [3.63, 3.8) is 0 Å². The number of rotatable bonds is 3. The monoisotopic (exact) mass is 323 g/mol. The lowest BCUT2D eigenvalue weighted by Crippen LogP contribution is -1.96. The normalized spacial score (nSPS) is 15.3. The van der Waals surface area contributed by atoms with Crippen LogP contribution in [0.2, 0.25) is 0 Å². The largest absolute Gasteiger partial charge is 0.411 e. The number of anilines is 2. The van der Waals surface area contributed by atoms with Crippen LogP contribution in [0, 0.1) is 0 Å². The number of hydrogen-bond acceptors (Lipinski definition) is 5. The molecule has 116 valence electrons. The first-order valence-electron chi connectivity index (χ1n) is 7.76. The van der Waals surface area contributed by atoms with Gasteiger partial charge in [-0.2, -0.15) is 0 Å². The number of aryl methyl sites for hydroxylation is 2. The molecule has 3 aromatic rings. The van der Waals surface area contributed by atoms with Crippen LogP contribution in [0.15, 0.2) is 41.8 Å². The van der Waals surface area contributed by atoms with Crippen molar-refractivity contribution in [2.75, 3.05) is 5.32 Å². The van der Waals surface area contributed by atoms with Gasteiger partial charge in [0.25, 0.3) is 0 Å². The summed E-state index contributed by atoms with van der Waals surface area (Å²) in [7, 11) is 0. The summed E-state index contributed by atoms with van der Waals surface area (Å²) >= 11 is 1.80. The summed E-state index contributed by atoms with van der Waals surface area (Å²) in [5.41, 5.74) is 5.35. The van der Waals surface area contributed by atoms with Crippen LogP contribution in [0.4, 0.5) is 11.4 Å². The molecule has 1 aliphatic carbocycles. The van der Waals surface area contributed by atoms with Gasteiger partial charge >= 0.3 is 0 Å². The molecule has 2 aromatic heterocycles. The lowest BCUT2D eigenvalue weighted by Gasteiger charge is -2.10. The van der Waals surface area contributed by atoms with Crippen molar-refractivity contribution in [2.24, 2.45) is 5.16 Å². The number of fused-ring (bicyclic) bond motifs is 2. The second kappa shape index (κ2) is 5.66. The Morgan fingerprint density at radius 2 is 2.22 bits per heavy atom. The van der Waals surface area contributed by atoms with Crippen LogP contribution in [-0.4, -0.2) is 15.9 Å². The molecule has 1 aliphatic rings. The summed E-state index contributed by atoms with van der Waals surface area (Å²) < 4.78 is 1.21. The van der Waals surface area contributed by atoms with Crippen LogP contribution in [0.5, 0.6) is 0 Å². The predicted molar refractivity (Wildman–Crippen MR) is 95.4 cm³/mol. The minimum Gasteiger partial charge on any atom is -0.411 e. The van der Waals surface area contributed by atoms with Crippen LogP contribution in [-0.2, 0) is 12.8 Å². The summed E-state index contributed by atoms with van der Waals surface area (Å²) in [4.78, 5) is 5.56. The highest BCUT2D eigenvalue weighted by atomic mass is 32.1. The first kappa shape index (κ1) is 14.2. The number of pyridine rings is 1. The lowest BCUT2D eigenvalue weighted by atomic mass is 10.1. The number of oxime groups is 1. The number of nitrogens with zero attached hydrogens (tertiary/aromatic N) is 2. The van der Waals surface area contributed by atoms with Gasteiger partial charge in [-0.05, 0) is 43.0 Å². The van der Waals surface area contributed by atoms with Gasteiger partial charge < -0.3 is 10.5 Å². The van der Waals surface area contributed by atoms with Gasteiger partial charge in [0.05, 0.1) is 16.1 Å². The van der Waals surface area contributed by atoms with E-state index in [1.54, 1.807) is 11.3 Å². The van der Waals surface area contributed by atoms with Crippen LogP contribution in [0.3, 0.4) is 0 Å². The highest BCUT2D eigenvalue weighted by molar-refractivity contribution is 7.19. The zero-order chi connectivity index (χ0) is 15.8. The summed E-state index contributed by atoms with van der Waals surface area (Å²) in [5.74, 6) is 0. The van der Waals surface area contributed by atoms with Gasteiger partial charge in [0.2, 0.25) is 0 Å². The Hall–Kier alpha value is -2.40. The third-order valence-electron chi connectivity index (χ3n) is 4.32. The van der Waals surface area contributed by atoms with Gasteiger partial charge in [0.15, 0.2) is 0 Å². The molecule has 0 fully saturated rings. The van der Waals surface area contributed by atoms with Crippen LogP contribution in [0.25, 0.3) is 10.1 Å². The molecule has 23 heavy (non-hydrogen) atoms. The van der Waals surface area contributed by atoms with Gasteiger partial charge in [0, 0.05) is 33.9 Å². The molecule has 0 spiro atoms. The Morgan fingerprint density at radius 1 is 1.30 bits per heavy atom. The molecule has 0 atom stereocenters. The SMILES string of the molecule is CCc1sc2cnccc2c1Nc1ccc2c(c1)CCC2=NO. The summed E-state index contributed by atoms with van der Waals surface area (Å²) in [6.07, 6.45) is 6.50. The molecular formula is C18H17N3OS. The van der Waals surface area contributed by atoms with Crippen molar-refractivity contribution in [3.05, 3.63) is 52.7 Å². The lowest BCUT2D eigenvalue weighted by molar-refractivity contribution is 0.318. The highest BCUT2D eigenvalue weighted by Gasteiger charge is 2.19. The quantitative estimate of drug-likeness (QED) is 0.541. The van der Waals surface area contributed by atoms with Crippen molar-refractivity contribution >= 4 is 38.5 Å². The van der Waals surface area contributed by atoms with Gasteiger partial charge in [-0.25, -0.2) is 0 Å². The molecule has 0 bridgehead atoms. The first-order valence-corrected chi connectivity index (χ1v) is 8.58. The number of benzene rings is 1. The van der Waals surface area contributed by atoms with Crippen LogP contribution >= 0.6 is 11.3 Å². The Bertz CT molecular complexity index is 914. The van der Waals surface area contributed by atoms with Crippen LogP contribution in [0.1, 0.15) is 29.3 Å². The van der Waals surface area contributed by atoms with E-state index in [9.17, 15) is 0 Å². The second-order valence-corrected chi connectivity index (χ2v) is 6.81. The van der Waals surface area contributed by atoms with E-state index >= 15 is 0 Å². The maximum Gasteiger partial charge on any atom is 0.0873 e. The van der Waals surface area contributed by atoms with E-state index in [-0.39, 0.29) is 0 Å². The molecule has 0 saturated heterocycles. The van der Waals surface area contributed by atoms with Crippen LogP contribution < -0.4 is 5.32 Å². The van der Waals surface area contributed by atoms with E-state index in [0.717, 1.165) is 36.2 Å². The van der Waals surface area contributed by atoms with Crippen molar-refractivity contribution in [1.82, 2.24) is 4.98 Å². The third kappa shape index (κ3) is 2.37. The maximum atomic E-state index is 9.04. The Morgan fingerprint density at radius 3 is 3.04 bits per heavy atom. The molecule has 0 saturated carbocycles. The minimum absolute atomic E-state index is 0.785. The van der Waals surface area contributed by atoms with Gasteiger partial charge in [-0.3, -0.25) is 4.98 Å². The summed E-state index contributed by atoms with van der Waals surface area (Å²) in [6.45, 7) is 2.18. The molecule has 0 unspecified atom stereocenters. The molecule has 4 nitrogen and oxygen atoms in total. The van der Waals surface area contributed by atoms with Crippen molar-refractivity contribution in [3.8, 4) is 0 Å². The number of nitrogens with one attached hydrogen (secondary N) is 1. The average Bonchev–Trinajstić information content (AvgIpc) is 3.16.